The predicted octanol–water partition coefficient (Wildman–Crippen LogP) is 2.01. The Morgan fingerprint density at radius 3 is 3.14 bits per heavy atom. The van der Waals surface area contributed by atoms with Crippen LogP contribution >= 0.6 is 0 Å². The zero-order chi connectivity index (χ0) is 14.8. The molecule has 0 spiro atoms. The summed E-state index contributed by atoms with van der Waals surface area (Å²) in [5.41, 5.74) is 2.07. The predicted molar refractivity (Wildman–Crippen MR) is 85.8 cm³/mol. The molecule has 2 aromatic rings. The molecule has 0 amide bonds. The van der Waals surface area contributed by atoms with Gasteiger partial charge >= 0.3 is 0 Å². The lowest BCUT2D eigenvalue weighted by Crippen LogP contribution is -2.22. The molecule has 2 unspecified atom stereocenters. The number of hydrogen-bond acceptors (Lipinski definition) is 4. The Labute approximate surface area is 131 Å². The van der Waals surface area contributed by atoms with E-state index in [1.165, 1.54) is 25.1 Å². The molecule has 2 aromatic heterocycles. The summed E-state index contributed by atoms with van der Waals surface area (Å²) in [6.45, 7) is 5.07. The second kappa shape index (κ2) is 6.34. The third kappa shape index (κ3) is 2.88. The van der Waals surface area contributed by atoms with Gasteiger partial charge < -0.3 is 14.6 Å². The number of imidazole rings is 1. The van der Waals surface area contributed by atoms with E-state index in [1.807, 2.05) is 12.3 Å². The van der Waals surface area contributed by atoms with E-state index in [9.17, 15) is 0 Å². The van der Waals surface area contributed by atoms with Crippen LogP contribution in [0.25, 0.3) is 11.2 Å². The minimum atomic E-state index is 0.603. The molecule has 0 aromatic carbocycles. The number of nitrogens with one attached hydrogen (secondary N) is 1. The first-order chi connectivity index (χ1) is 10.9. The van der Waals surface area contributed by atoms with Crippen LogP contribution in [0.4, 0.5) is 0 Å². The molecule has 0 saturated carbocycles. The normalized spacial score (nSPS) is 25.8. The molecule has 0 radical (unpaired) electrons. The van der Waals surface area contributed by atoms with Gasteiger partial charge in [-0.3, -0.25) is 0 Å². The first kappa shape index (κ1) is 14.2. The van der Waals surface area contributed by atoms with Gasteiger partial charge in [-0.1, -0.05) is 0 Å². The molecule has 2 aliphatic heterocycles. The van der Waals surface area contributed by atoms with Gasteiger partial charge in [0.15, 0.2) is 5.65 Å². The Bertz CT molecular complexity index is 627. The van der Waals surface area contributed by atoms with Crippen molar-refractivity contribution < 1.29 is 4.74 Å². The van der Waals surface area contributed by atoms with Crippen molar-refractivity contribution in [2.75, 3.05) is 26.3 Å². The minimum absolute atomic E-state index is 0.603. The van der Waals surface area contributed by atoms with E-state index in [2.05, 4.69) is 20.9 Å². The number of fused-ring (bicyclic) bond motifs is 1. The summed E-state index contributed by atoms with van der Waals surface area (Å²) in [4.78, 5) is 9.46. The average Bonchev–Trinajstić information content (AvgIpc) is 3.18. The Balaban J connectivity index is 1.62. The lowest BCUT2D eigenvalue weighted by atomic mass is 9.98. The lowest BCUT2D eigenvalue weighted by molar-refractivity contribution is 0.0540. The third-order valence-corrected chi connectivity index (χ3v) is 4.91. The topological polar surface area (TPSA) is 52.0 Å². The second-order valence-electron chi connectivity index (χ2n) is 6.63. The zero-order valence-electron chi connectivity index (χ0n) is 13.0. The van der Waals surface area contributed by atoms with E-state index in [0.717, 1.165) is 50.4 Å². The van der Waals surface area contributed by atoms with Crippen LogP contribution in [-0.2, 0) is 17.7 Å². The number of nitrogens with zero attached hydrogens (tertiary/aromatic N) is 3. The summed E-state index contributed by atoms with van der Waals surface area (Å²) in [5.74, 6) is 2.49. The summed E-state index contributed by atoms with van der Waals surface area (Å²) in [7, 11) is 0. The van der Waals surface area contributed by atoms with Crippen molar-refractivity contribution in [3.05, 3.63) is 24.2 Å². The van der Waals surface area contributed by atoms with Crippen molar-refractivity contribution in [2.24, 2.45) is 11.8 Å². The number of pyridine rings is 1. The highest BCUT2D eigenvalue weighted by Gasteiger charge is 2.22. The van der Waals surface area contributed by atoms with Crippen LogP contribution in [-0.4, -0.2) is 40.8 Å². The van der Waals surface area contributed by atoms with Gasteiger partial charge in [-0.15, -0.1) is 0 Å². The molecule has 2 fully saturated rings. The zero-order valence-corrected chi connectivity index (χ0v) is 13.0. The summed E-state index contributed by atoms with van der Waals surface area (Å²) in [6.07, 6.45) is 6.56. The average molecular weight is 300 g/mol. The van der Waals surface area contributed by atoms with E-state index >= 15 is 0 Å². The Kier molecular flexibility index (Phi) is 4.08. The SMILES string of the molecule is c1cnc2c(c1)nc(CC1CCCOC1)n2CC1CCNC1. The van der Waals surface area contributed by atoms with Gasteiger partial charge in [0.05, 0.1) is 0 Å². The maximum atomic E-state index is 5.64. The van der Waals surface area contributed by atoms with E-state index in [-0.39, 0.29) is 0 Å². The molecule has 118 valence electrons. The number of hydrogen-bond donors (Lipinski definition) is 1. The first-order valence-electron chi connectivity index (χ1n) is 8.49. The molecule has 2 aliphatic rings. The van der Waals surface area contributed by atoms with E-state index in [0.29, 0.717) is 11.8 Å². The minimum Gasteiger partial charge on any atom is -0.381 e. The highest BCUT2D eigenvalue weighted by molar-refractivity contribution is 5.71. The van der Waals surface area contributed by atoms with Crippen LogP contribution < -0.4 is 5.32 Å². The van der Waals surface area contributed by atoms with E-state index < -0.39 is 0 Å². The van der Waals surface area contributed by atoms with Crippen LogP contribution in [0, 0.1) is 11.8 Å². The maximum absolute atomic E-state index is 5.64. The standard InChI is InChI=1S/C17H24N4O/c1-4-15-17(19-6-1)21(11-14-5-7-18-10-14)16(20-15)9-13-3-2-8-22-12-13/h1,4,6,13-14,18H,2-3,5,7-12H2. The number of aromatic nitrogens is 3. The monoisotopic (exact) mass is 300 g/mol. The molecule has 0 aliphatic carbocycles. The molecular formula is C17H24N4O. The van der Waals surface area contributed by atoms with Gasteiger partial charge in [-0.25, -0.2) is 9.97 Å². The maximum Gasteiger partial charge on any atom is 0.159 e. The molecule has 2 atom stereocenters. The Morgan fingerprint density at radius 2 is 2.32 bits per heavy atom. The van der Waals surface area contributed by atoms with Crippen molar-refractivity contribution in [2.45, 2.75) is 32.2 Å². The van der Waals surface area contributed by atoms with Gasteiger partial charge in [0.25, 0.3) is 0 Å². The van der Waals surface area contributed by atoms with E-state index in [1.54, 1.807) is 0 Å². The van der Waals surface area contributed by atoms with Crippen LogP contribution in [0.15, 0.2) is 18.3 Å². The lowest BCUT2D eigenvalue weighted by Gasteiger charge is -2.22. The van der Waals surface area contributed by atoms with Gasteiger partial charge in [0.2, 0.25) is 0 Å². The van der Waals surface area contributed by atoms with Crippen molar-refractivity contribution in [3.8, 4) is 0 Å². The smallest absolute Gasteiger partial charge is 0.159 e. The molecule has 4 rings (SSSR count). The van der Waals surface area contributed by atoms with Gasteiger partial charge in [0.1, 0.15) is 11.3 Å². The molecular weight excluding hydrogens is 276 g/mol. The fourth-order valence-corrected chi connectivity index (χ4v) is 3.71. The Hall–Kier alpha value is -1.46. The molecule has 5 heteroatoms. The van der Waals surface area contributed by atoms with Gasteiger partial charge in [0, 0.05) is 32.4 Å². The van der Waals surface area contributed by atoms with Gasteiger partial charge in [-0.2, -0.15) is 0 Å². The van der Waals surface area contributed by atoms with E-state index in [4.69, 9.17) is 9.72 Å². The fourth-order valence-electron chi connectivity index (χ4n) is 3.71. The van der Waals surface area contributed by atoms with Crippen LogP contribution in [0.3, 0.4) is 0 Å². The molecule has 1 N–H and O–H groups in total. The van der Waals surface area contributed by atoms with Crippen LogP contribution in [0.1, 0.15) is 25.1 Å². The highest BCUT2D eigenvalue weighted by atomic mass is 16.5. The molecule has 2 saturated heterocycles. The molecule has 22 heavy (non-hydrogen) atoms. The van der Waals surface area contributed by atoms with Crippen molar-refractivity contribution >= 4 is 11.2 Å². The summed E-state index contributed by atoms with van der Waals surface area (Å²) in [6, 6.07) is 4.05. The highest BCUT2D eigenvalue weighted by Crippen LogP contribution is 2.23. The molecule has 4 heterocycles. The van der Waals surface area contributed by atoms with Gasteiger partial charge in [-0.05, 0) is 56.3 Å². The molecule has 5 nitrogen and oxygen atoms in total. The molecule has 0 bridgehead atoms. The second-order valence-corrected chi connectivity index (χ2v) is 6.63. The Morgan fingerprint density at radius 1 is 1.32 bits per heavy atom. The number of rotatable bonds is 4. The van der Waals surface area contributed by atoms with Crippen LogP contribution in [0.5, 0.6) is 0 Å². The summed E-state index contributed by atoms with van der Waals surface area (Å²) >= 11 is 0. The largest absolute Gasteiger partial charge is 0.381 e. The van der Waals surface area contributed by atoms with Crippen molar-refractivity contribution in [1.82, 2.24) is 19.9 Å². The quantitative estimate of drug-likeness (QED) is 0.938. The fraction of sp³-hybridized carbons (Fsp3) is 0.647. The van der Waals surface area contributed by atoms with Crippen molar-refractivity contribution in [1.29, 1.82) is 0 Å². The first-order valence-corrected chi connectivity index (χ1v) is 8.49. The van der Waals surface area contributed by atoms with Crippen LogP contribution in [0.2, 0.25) is 0 Å². The summed E-state index contributed by atoms with van der Waals surface area (Å²) in [5, 5.41) is 3.46. The third-order valence-electron chi connectivity index (χ3n) is 4.91. The summed E-state index contributed by atoms with van der Waals surface area (Å²) < 4.78 is 8.00. The van der Waals surface area contributed by atoms with Crippen molar-refractivity contribution in [3.63, 3.8) is 0 Å². The number of ether oxygens (including phenoxy) is 1.